The van der Waals surface area contributed by atoms with Gasteiger partial charge in [0.15, 0.2) is 11.9 Å². The third-order valence-electron chi connectivity index (χ3n) is 3.35. The lowest BCUT2D eigenvalue weighted by Gasteiger charge is -2.17. The van der Waals surface area contributed by atoms with Crippen molar-refractivity contribution < 1.29 is 23.9 Å². The number of hydrogen-bond donors (Lipinski definition) is 0. The van der Waals surface area contributed by atoms with E-state index in [9.17, 15) is 14.4 Å². The van der Waals surface area contributed by atoms with Gasteiger partial charge in [-0.3, -0.25) is 14.4 Å². The second-order valence-electron chi connectivity index (χ2n) is 5.31. The topological polar surface area (TPSA) is 69.7 Å². The SMILES string of the molecule is CC(=O)Oc1cc2ccccc2cc1C[C@@H](OC(C)=O)C(C)=O. The lowest BCUT2D eigenvalue weighted by atomic mass is 10.00. The van der Waals surface area contributed by atoms with Gasteiger partial charge in [-0.25, -0.2) is 0 Å². The van der Waals surface area contributed by atoms with Gasteiger partial charge in [-0.05, 0) is 35.4 Å². The van der Waals surface area contributed by atoms with Crippen LogP contribution < -0.4 is 4.74 Å². The summed E-state index contributed by atoms with van der Waals surface area (Å²) in [6.45, 7) is 3.93. The van der Waals surface area contributed by atoms with Gasteiger partial charge in [-0.2, -0.15) is 0 Å². The predicted molar refractivity (Wildman–Crippen MR) is 85.2 cm³/mol. The van der Waals surface area contributed by atoms with Gasteiger partial charge >= 0.3 is 11.9 Å². The molecule has 2 aromatic carbocycles. The summed E-state index contributed by atoms with van der Waals surface area (Å²) in [6.07, 6.45) is -0.745. The highest BCUT2D eigenvalue weighted by Gasteiger charge is 2.21. The normalized spacial score (nSPS) is 11.8. The summed E-state index contributed by atoms with van der Waals surface area (Å²) in [4.78, 5) is 34.2. The molecule has 1 atom stereocenters. The van der Waals surface area contributed by atoms with Gasteiger partial charge in [0.25, 0.3) is 0 Å². The maximum absolute atomic E-state index is 11.7. The van der Waals surface area contributed by atoms with Crippen molar-refractivity contribution in [2.24, 2.45) is 0 Å². The fraction of sp³-hybridized carbons (Fsp3) is 0.278. The second kappa shape index (κ2) is 7.05. The zero-order valence-electron chi connectivity index (χ0n) is 13.3. The third kappa shape index (κ3) is 4.39. The summed E-state index contributed by atoms with van der Waals surface area (Å²) in [6, 6.07) is 11.2. The summed E-state index contributed by atoms with van der Waals surface area (Å²) < 4.78 is 10.3. The summed E-state index contributed by atoms with van der Waals surface area (Å²) in [7, 11) is 0. The van der Waals surface area contributed by atoms with Gasteiger partial charge in [0.05, 0.1) is 0 Å². The Morgan fingerprint density at radius 1 is 0.957 bits per heavy atom. The zero-order chi connectivity index (χ0) is 17.0. The van der Waals surface area contributed by atoms with E-state index < -0.39 is 18.0 Å². The molecule has 5 heteroatoms. The van der Waals surface area contributed by atoms with Crippen molar-refractivity contribution in [3.63, 3.8) is 0 Å². The van der Waals surface area contributed by atoms with Gasteiger partial charge < -0.3 is 9.47 Å². The van der Waals surface area contributed by atoms with Crippen LogP contribution in [-0.2, 0) is 25.5 Å². The first-order valence-corrected chi connectivity index (χ1v) is 7.24. The third-order valence-corrected chi connectivity index (χ3v) is 3.35. The number of rotatable bonds is 5. The van der Waals surface area contributed by atoms with Crippen molar-refractivity contribution >= 4 is 28.5 Å². The van der Waals surface area contributed by atoms with Gasteiger partial charge in [-0.15, -0.1) is 0 Å². The van der Waals surface area contributed by atoms with E-state index in [4.69, 9.17) is 9.47 Å². The number of esters is 2. The largest absolute Gasteiger partial charge is 0.454 e. The molecule has 0 fully saturated rings. The predicted octanol–water partition coefficient (Wildman–Crippen LogP) is 2.83. The quantitative estimate of drug-likeness (QED) is 0.627. The highest BCUT2D eigenvalue weighted by molar-refractivity contribution is 5.87. The Hall–Kier alpha value is -2.69. The van der Waals surface area contributed by atoms with E-state index in [1.54, 1.807) is 6.07 Å². The van der Waals surface area contributed by atoms with Crippen molar-refractivity contribution in [3.8, 4) is 5.75 Å². The van der Waals surface area contributed by atoms with E-state index in [2.05, 4.69) is 0 Å². The molecule has 0 unspecified atom stereocenters. The van der Waals surface area contributed by atoms with Gasteiger partial charge in [0, 0.05) is 20.3 Å². The number of Topliss-reactive ketones (excluding diaryl/α,β-unsaturated/α-hetero) is 1. The molecule has 5 nitrogen and oxygen atoms in total. The summed E-state index contributed by atoms with van der Waals surface area (Å²) in [5, 5.41) is 1.86. The monoisotopic (exact) mass is 314 g/mol. The second-order valence-corrected chi connectivity index (χ2v) is 5.31. The number of carbonyl (C=O) groups is 3. The number of benzene rings is 2. The Kier molecular flexibility index (Phi) is 5.11. The molecule has 0 bridgehead atoms. The maximum atomic E-state index is 11.7. The van der Waals surface area contributed by atoms with Crippen LogP contribution in [-0.4, -0.2) is 23.8 Å². The number of carbonyl (C=O) groups excluding carboxylic acids is 3. The maximum Gasteiger partial charge on any atom is 0.308 e. The Labute approximate surface area is 134 Å². The van der Waals surface area contributed by atoms with Crippen LogP contribution in [0.3, 0.4) is 0 Å². The van der Waals surface area contributed by atoms with Crippen molar-refractivity contribution in [1.29, 1.82) is 0 Å². The smallest absolute Gasteiger partial charge is 0.308 e. The van der Waals surface area contributed by atoms with Gasteiger partial charge in [0.1, 0.15) is 5.75 Å². The molecule has 0 saturated carbocycles. The number of fused-ring (bicyclic) bond motifs is 1. The highest BCUT2D eigenvalue weighted by atomic mass is 16.5. The molecule has 0 aliphatic heterocycles. The first kappa shape index (κ1) is 16.7. The Morgan fingerprint density at radius 2 is 1.57 bits per heavy atom. The van der Waals surface area contributed by atoms with Crippen LogP contribution in [0, 0.1) is 0 Å². The van der Waals surface area contributed by atoms with Crippen molar-refractivity contribution in [1.82, 2.24) is 0 Å². The first-order valence-electron chi connectivity index (χ1n) is 7.24. The molecule has 0 N–H and O–H groups in total. The molecule has 120 valence electrons. The van der Waals surface area contributed by atoms with Crippen LogP contribution in [0.4, 0.5) is 0 Å². The first-order chi connectivity index (χ1) is 10.9. The van der Waals surface area contributed by atoms with Crippen LogP contribution >= 0.6 is 0 Å². The number of hydrogen-bond acceptors (Lipinski definition) is 5. The molecule has 0 aliphatic rings. The molecule has 23 heavy (non-hydrogen) atoms. The molecular weight excluding hydrogens is 296 g/mol. The van der Waals surface area contributed by atoms with E-state index in [-0.39, 0.29) is 12.2 Å². The number of ketones is 1. The van der Waals surface area contributed by atoms with E-state index in [1.165, 1.54) is 20.8 Å². The molecule has 2 aromatic rings. The van der Waals surface area contributed by atoms with E-state index in [0.29, 0.717) is 11.3 Å². The standard InChI is InChI=1S/C18H18O5/c1-11(19)17(22-12(2)20)10-16-8-14-6-4-5-7-15(14)9-18(16)23-13(3)21/h4-9,17H,10H2,1-3H3/t17-/m1/s1. The van der Waals surface area contributed by atoms with Crippen LogP contribution in [0.1, 0.15) is 26.3 Å². The van der Waals surface area contributed by atoms with Crippen LogP contribution in [0.2, 0.25) is 0 Å². The Morgan fingerprint density at radius 3 is 2.09 bits per heavy atom. The lowest BCUT2D eigenvalue weighted by molar-refractivity contribution is -0.152. The van der Waals surface area contributed by atoms with Crippen LogP contribution in [0.25, 0.3) is 10.8 Å². The van der Waals surface area contributed by atoms with E-state index in [0.717, 1.165) is 10.8 Å². The Balaban J connectivity index is 2.44. The lowest BCUT2D eigenvalue weighted by Crippen LogP contribution is -2.27. The summed E-state index contributed by atoms with van der Waals surface area (Å²) >= 11 is 0. The fourth-order valence-corrected chi connectivity index (χ4v) is 2.34. The Bertz CT molecular complexity index is 763. The minimum atomic E-state index is -0.900. The summed E-state index contributed by atoms with van der Waals surface area (Å²) in [5.41, 5.74) is 0.639. The molecule has 0 spiro atoms. The average molecular weight is 314 g/mol. The zero-order valence-corrected chi connectivity index (χ0v) is 13.3. The van der Waals surface area contributed by atoms with Crippen molar-refractivity contribution in [2.75, 3.05) is 0 Å². The van der Waals surface area contributed by atoms with E-state index in [1.807, 2.05) is 30.3 Å². The molecular formula is C18H18O5. The van der Waals surface area contributed by atoms with Crippen molar-refractivity contribution in [3.05, 3.63) is 42.0 Å². The van der Waals surface area contributed by atoms with Crippen LogP contribution in [0.5, 0.6) is 5.75 Å². The van der Waals surface area contributed by atoms with Crippen LogP contribution in [0.15, 0.2) is 36.4 Å². The molecule has 0 aliphatic carbocycles. The molecule has 0 aromatic heterocycles. The highest BCUT2D eigenvalue weighted by Crippen LogP contribution is 2.28. The summed E-state index contributed by atoms with van der Waals surface area (Å²) in [5.74, 6) is -0.870. The minimum Gasteiger partial charge on any atom is -0.454 e. The average Bonchev–Trinajstić information content (AvgIpc) is 2.45. The van der Waals surface area contributed by atoms with Crippen molar-refractivity contribution in [2.45, 2.75) is 33.3 Å². The molecule has 0 amide bonds. The van der Waals surface area contributed by atoms with Gasteiger partial charge in [0.2, 0.25) is 0 Å². The fourth-order valence-electron chi connectivity index (χ4n) is 2.34. The number of ether oxygens (including phenoxy) is 2. The van der Waals surface area contributed by atoms with Gasteiger partial charge in [-0.1, -0.05) is 24.3 Å². The minimum absolute atomic E-state index is 0.155. The van der Waals surface area contributed by atoms with E-state index >= 15 is 0 Å². The molecule has 0 radical (unpaired) electrons. The molecule has 2 rings (SSSR count). The molecule has 0 saturated heterocycles. The molecule has 0 heterocycles.